The topological polar surface area (TPSA) is 84.9 Å². The Morgan fingerprint density at radius 1 is 1.24 bits per heavy atom. The van der Waals surface area contributed by atoms with Crippen LogP contribution in [0.5, 0.6) is 11.5 Å². The first-order valence-corrected chi connectivity index (χ1v) is 9.62. The lowest BCUT2D eigenvalue weighted by Crippen LogP contribution is -2.39. The molecule has 152 valence electrons. The molecule has 0 radical (unpaired) electrons. The maximum atomic E-state index is 12.5. The molecule has 0 fully saturated rings. The minimum Gasteiger partial charge on any atom is -0.504 e. The Kier molecular flexibility index (Phi) is 6.54. The smallest absolute Gasteiger partial charge is 0.331 e. The van der Waals surface area contributed by atoms with E-state index >= 15 is 0 Å². The van der Waals surface area contributed by atoms with E-state index in [9.17, 15) is 14.7 Å². The summed E-state index contributed by atoms with van der Waals surface area (Å²) in [6.07, 6.45) is 4.76. The number of carbonyl (C=O) groups excluding carboxylic acids is 2. The van der Waals surface area contributed by atoms with Gasteiger partial charge in [0.2, 0.25) is 0 Å². The summed E-state index contributed by atoms with van der Waals surface area (Å²) in [6, 6.07) is 12.7. The molecule has 6 nitrogen and oxygen atoms in total. The van der Waals surface area contributed by atoms with Gasteiger partial charge in [-0.25, -0.2) is 4.79 Å². The molecule has 1 amide bonds. The van der Waals surface area contributed by atoms with E-state index in [2.05, 4.69) is 11.4 Å². The molecule has 0 unspecified atom stereocenters. The van der Waals surface area contributed by atoms with Gasteiger partial charge in [-0.2, -0.15) is 0 Å². The molecule has 3 rings (SSSR count). The second kappa shape index (κ2) is 9.28. The summed E-state index contributed by atoms with van der Waals surface area (Å²) < 4.78 is 10.3. The first kappa shape index (κ1) is 20.5. The Morgan fingerprint density at radius 2 is 2.03 bits per heavy atom. The van der Waals surface area contributed by atoms with Gasteiger partial charge in [0.1, 0.15) is 0 Å². The number of aromatic hydroxyl groups is 1. The normalized spacial score (nSPS) is 16.7. The van der Waals surface area contributed by atoms with Crippen molar-refractivity contribution in [1.82, 2.24) is 5.32 Å². The number of phenolic OH excluding ortho intramolecular Hbond substituents is 1. The quantitative estimate of drug-likeness (QED) is 0.577. The first-order chi connectivity index (χ1) is 14.0. The lowest BCUT2D eigenvalue weighted by atomic mass is 9.87. The summed E-state index contributed by atoms with van der Waals surface area (Å²) in [7, 11) is 1.45. The summed E-state index contributed by atoms with van der Waals surface area (Å²) >= 11 is 0. The summed E-state index contributed by atoms with van der Waals surface area (Å²) in [4.78, 5) is 24.6. The maximum Gasteiger partial charge on any atom is 0.331 e. The highest BCUT2D eigenvalue weighted by atomic mass is 16.5. The molecule has 2 aromatic rings. The van der Waals surface area contributed by atoms with Crippen LogP contribution < -0.4 is 10.1 Å². The second-order valence-corrected chi connectivity index (χ2v) is 7.00. The number of phenols is 1. The van der Waals surface area contributed by atoms with Gasteiger partial charge in [0, 0.05) is 6.08 Å². The molecule has 2 aromatic carbocycles. The standard InChI is InChI=1S/C23H25NO5/c1-15(23(27)24-19-9-5-7-17-6-3-4-8-18(17)19)29-22(26)13-11-16-10-12-20(25)21(14-16)28-2/h3-4,6,8,10-15,19,25H,5,7,9H2,1-2H3,(H,24,27)/b13-11+/t15-,19-/m0/s1. The third kappa shape index (κ3) is 5.16. The minimum absolute atomic E-state index is 0.0156. The number of rotatable bonds is 6. The van der Waals surface area contributed by atoms with Gasteiger partial charge in [-0.1, -0.05) is 30.3 Å². The van der Waals surface area contributed by atoms with Crippen LogP contribution in [0.15, 0.2) is 48.5 Å². The van der Waals surface area contributed by atoms with E-state index < -0.39 is 12.1 Å². The third-order valence-electron chi connectivity index (χ3n) is 4.96. The van der Waals surface area contributed by atoms with Crippen molar-refractivity contribution in [2.45, 2.75) is 38.3 Å². The number of nitrogens with one attached hydrogen (secondary N) is 1. The number of esters is 1. The van der Waals surface area contributed by atoms with Crippen molar-refractivity contribution < 1.29 is 24.2 Å². The number of ether oxygens (including phenoxy) is 2. The van der Waals surface area contributed by atoms with Crippen molar-refractivity contribution in [2.24, 2.45) is 0 Å². The van der Waals surface area contributed by atoms with Gasteiger partial charge in [0.25, 0.3) is 5.91 Å². The lowest BCUT2D eigenvalue weighted by molar-refractivity contribution is -0.150. The predicted molar refractivity (Wildman–Crippen MR) is 110 cm³/mol. The zero-order valence-corrected chi connectivity index (χ0v) is 16.6. The van der Waals surface area contributed by atoms with E-state index in [1.54, 1.807) is 19.1 Å². The predicted octanol–water partition coefficient (Wildman–Crippen LogP) is 3.54. The molecular weight excluding hydrogens is 370 g/mol. The molecule has 0 aromatic heterocycles. The van der Waals surface area contributed by atoms with Crippen LogP contribution in [0, 0.1) is 0 Å². The average molecular weight is 395 g/mol. The number of hydrogen-bond acceptors (Lipinski definition) is 5. The van der Waals surface area contributed by atoms with Crippen molar-refractivity contribution in [3.63, 3.8) is 0 Å². The van der Waals surface area contributed by atoms with Crippen LogP contribution in [0.4, 0.5) is 0 Å². The van der Waals surface area contributed by atoms with Crippen molar-refractivity contribution in [3.05, 3.63) is 65.2 Å². The van der Waals surface area contributed by atoms with Crippen molar-refractivity contribution >= 4 is 18.0 Å². The van der Waals surface area contributed by atoms with Gasteiger partial charge >= 0.3 is 5.97 Å². The molecule has 1 aliphatic rings. The van der Waals surface area contributed by atoms with Crippen LogP contribution in [0.3, 0.4) is 0 Å². The summed E-state index contributed by atoms with van der Waals surface area (Å²) in [5, 5.41) is 12.6. The van der Waals surface area contributed by atoms with Crippen LogP contribution in [0.1, 0.15) is 42.5 Å². The number of carbonyl (C=O) groups is 2. The number of benzene rings is 2. The average Bonchev–Trinajstić information content (AvgIpc) is 2.73. The monoisotopic (exact) mass is 395 g/mol. The molecule has 1 aliphatic carbocycles. The van der Waals surface area contributed by atoms with Crippen LogP contribution >= 0.6 is 0 Å². The molecule has 0 saturated heterocycles. The molecule has 0 spiro atoms. The van der Waals surface area contributed by atoms with Crippen LogP contribution in [0.2, 0.25) is 0 Å². The maximum absolute atomic E-state index is 12.5. The second-order valence-electron chi connectivity index (χ2n) is 7.00. The SMILES string of the molecule is COc1cc(/C=C/C(=O)O[C@@H](C)C(=O)N[C@H]2CCCc3ccccc32)ccc1O. The molecule has 0 saturated carbocycles. The van der Waals surface area contributed by atoms with E-state index in [4.69, 9.17) is 9.47 Å². The van der Waals surface area contributed by atoms with Gasteiger partial charge in [0.05, 0.1) is 13.2 Å². The van der Waals surface area contributed by atoms with Crippen molar-refractivity contribution in [1.29, 1.82) is 0 Å². The summed E-state index contributed by atoms with van der Waals surface area (Å²) in [6.45, 7) is 1.55. The van der Waals surface area contributed by atoms with E-state index in [0.29, 0.717) is 11.3 Å². The van der Waals surface area contributed by atoms with E-state index in [0.717, 1.165) is 24.8 Å². The van der Waals surface area contributed by atoms with Crippen molar-refractivity contribution in [2.75, 3.05) is 7.11 Å². The van der Waals surface area contributed by atoms with Crippen LogP contribution in [-0.2, 0) is 20.7 Å². The Labute approximate surface area is 170 Å². The van der Waals surface area contributed by atoms with E-state index in [1.807, 2.05) is 18.2 Å². The van der Waals surface area contributed by atoms with Gasteiger partial charge in [0.15, 0.2) is 17.6 Å². The summed E-state index contributed by atoms with van der Waals surface area (Å²) in [5.74, 6) is -0.619. The highest BCUT2D eigenvalue weighted by molar-refractivity contribution is 5.90. The Morgan fingerprint density at radius 3 is 2.83 bits per heavy atom. The highest BCUT2D eigenvalue weighted by Crippen LogP contribution is 2.29. The molecule has 0 bridgehead atoms. The number of aryl methyl sites for hydroxylation is 1. The third-order valence-corrected chi connectivity index (χ3v) is 4.96. The molecule has 0 aliphatic heterocycles. The zero-order chi connectivity index (χ0) is 20.8. The fourth-order valence-corrected chi connectivity index (χ4v) is 3.42. The fraction of sp³-hybridized carbons (Fsp3) is 0.304. The first-order valence-electron chi connectivity index (χ1n) is 9.62. The van der Waals surface area contributed by atoms with Crippen molar-refractivity contribution in [3.8, 4) is 11.5 Å². The minimum atomic E-state index is -0.907. The van der Waals surface area contributed by atoms with Gasteiger partial charge in [-0.05, 0) is 61.1 Å². The van der Waals surface area contributed by atoms with Gasteiger partial charge in [-0.3, -0.25) is 4.79 Å². The lowest BCUT2D eigenvalue weighted by Gasteiger charge is -2.27. The molecule has 2 atom stereocenters. The largest absolute Gasteiger partial charge is 0.504 e. The highest BCUT2D eigenvalue weighted by Gasteiger charge is 2.24. The fourth-order valence-electron chi connectivity index (χ4n) is 3.42. The molecule has 6 heteroatoms. The number of fused-ring (bicyclic) bond motifs is 1. The summed E-state index contributed by atoms with van der Waals surface area (Å²) in [5.41, 5.74) is 3.04. The Balaban J connectivity index is 1.56. The number of amides is 1. The van der Waals surface area contributed by atoms with Gasteiger partial charge in [-0.15, -0.1) is 0 Å². The van der Waals surface area contributed by atoms with E-state index in [1.165, 1.54) is 30.9 Å². The zero-order valence-electron chi connectivity index (χ0n) is 16.6. The van der Waals surface area contributed by atoms with Crippen LogP contribution in [-0.4, -0.2) is 30.2 Å². The number of hydrogen-bond donors (Lipinski definition) is 2. The van der Waals surface area contributed by atoms with E-state index in [-0.39, 0.29) is 17.7 Å². The molecule has 0 heterocycles. The molecule has 29 heavy (non-hydrogen) atoms. The van der Waals surface area contributed by atoms with Gasteiger partial charge < -0.3 is 19.9 Å². The number of methoxy groups -OCH3 is 1. The molecular formula is C23H25NO5. The Hall–Kier alpha value is -3.28. The Bertz CT molecular complexity index is 921. The van der Waals surface area contributed by atoms with Crippen LogP contribution in [0.25, 0.3) is 6.08 Å². The molecule has 2 N–H and O–H groups in total.